The summed E-state index contributed by atoms with van der Waals surface area (Å²) in [6.45, 7) is 1.49. The van der Waals surface area contributed by atoms with Crippen molar-refractivity contribution in [2.75, 3.05) is 6.01 Å². The van der Waals surface area contributed by atoms with Gasteiger partial charge >= 0.3 is 5.97 Å². The van der Waals surface area contributed by atoms with Crippen LogP contribution in [0.2, 0.25) is 0 Å². The lowest BCUT2D eigenvalue weighted by molar-refractivity contribution is -0.138. The maximum absolute atomic E-state index is 12.2. The summed E-state index contributed by atoms with van der Waals surface area (Å²) in [6.07, 6.45) is 0. The molecule has 0 saturated heterocycles. The van der Waals surface area contributed by atoms with Crippen LogP contribution in [0, 0.1) is 0 Å². The molecule has 1 aromatic carbocycles. The van der Waals surface area contributed by atoms with Crippen LogP contribution in [0.4, 0.5) is 4.39 Å². The summed E-state index contributed by atoms with van der Waals surface area (Å²) in [7, 11) is -3.87. The average molecular weight is 246 g/mol. The molecule has 1 atom stereocenters. The Hall–Kier alpha value is -1.43. The topological polar surface area (TPSA) is 71.4 Å². The molecule has 1 N–H and O–H groups in total. The zero-order valence-corrected chi connectivity index (χ0v) is 9.37. The Morgan fingerprint density at radius 1 is 1.38 bits per heavy atom. The van der Waals surface area contributed by atoms with E-state index in [1.54, 1.807) is 0 Å². The Labute approximate surface area is 92.6 Å². The van der Waals surface area contributed by atoms with Crippen LogP contribution >= 0.6 is 0 Å². The Morgan fingerprint density at radius 2 is 1.88 bits per heavy atom. The molecule has 0 radical (unpaired) electrons. The number of hydrogen-bond acceptors (Lipinski definition) is 3. The first-order valence-electron chi connectivity index (χ1n) is 4.50. The molecule has 0 amide bonds. The number of carboxylic acids is 1. The Bertz CT molecular complexity index is 478. The summed E-state index contributed by atoms with van der Waals surface area (Å²) in [4.78, 5) is 10.5. The van der Waals surface area contributed by atoms with Crippen molar-refractivity contribution < 1.29 is 22.7 Å². The number of sulfone groups is 1. The number of benzene rings is 1. The fourth-order valence-electron chi connectivity index (χ4n) is 1.17. The zero-order valence-electron chi connectivity index (χ0n) is 8.55. The summed E-state index contributed by atoms with van der Waals surface area (Å²) in [5, 5.41) is 8.73. The van der Waals surface area contributed by atoms with Gasteiger partial charge in [0.25, 0.3) is 0 Å². The van der Waals surface area contributed by atoms with E-state index >= 15 is 0 Å². The third kappa shape index (κ3) is 2.57. The van der Waals surface area contributed by atoms with E-state index in [1.165, 1.54) is 31.2 Å². The lowest BCUT2D eigenvalue weighted by atomic mass is 10.0. The molecular formula is C10H11FO4S. The molecule has 0 bridgehead atoms. The van der Waals surface area contributed by atoms with Crippen LogP contribution < -0.4 is 0 Å². The smallest absolute Gasteiger partial charge is 0.310 e. The van der Waals surface area contributed by atoms with Gasteiger partial charge in [-0.15, -0.1) is 0 Å². The molecule has 0 aliphatic rings. The van der Waals surface area contributed by atoms with E-state index in [1.807, 2.05) is 0 Å². The van der Waals surface area contributed by atoms with E-state index in [-0.39, 0.29) is 4.90 Å². The summed E-state index contributed by atoms with van der Waals surface area (Å²) >= 11 is 0. The summed E-state index contributed by atoms with van der Waals surface area (Å²) in [5.74, 6) is -1.72. The van der Waals surface area contributed by atoms with Gasteiger partial charge in [-0.3, -0.25) is 4.79 Å². The van der Waals surface area contributed by atoms with E-state index in [2.05, 4.69) is 0 Å². The molecule has 1 unspecified atom stereocenters. The van der Waals surface area contributed by atoms with Gasteiger partial charge in [-0.2, -0.15) is 0 Å². The Morgan fingerprint density at radius 3 is 2.25 bits per heavy atom. The molecule has 1 aromatic rings. The first-order chi connectivity index (χ1) is 7.38. The molecule has 0 aliphatic carbocycles. The van der Waals surface area contributed by atoms with Crippen molar-refractivity contribution in [3.8, 4) is 0 Å². The van der Waals surface area contributed by atoms with Crippen molar-refractivity contribution in [1.82, 2.24) is 0 Å². The van der Waals surface area contributed by atoms with Crippen LogP contribution in [0.25, 0.3) is 0 Å². The van der Waals surface area contributed by atoms with Gasteiger partial charge in [0.1, 0.15) is 0 Å². The molecule has 1 rings (SSSR count). The highest BCUT2D eigenvalue weighted by atomic mass is 32.2. The van der Waals surface area contributed by atoms with E-state index in [4.69, 9.17) is 5.11 Å². The first kappa shape index (κ1) is 12.6. The molecule has 0 fully saturated rings. The van der Waals surface area contributed by atoms with Crippen molar-refractivity contribution >= 4 is 15.8 Å². The SMILES string of the molecule is CC(C(=O)O)c1ccc(S(=O)(=O)CF)cc1. The Balaban J connectivity index is 3.05. The third-order valence-electron chi connectivity index (χ3n) is 2.25. The van der Waals surface area contributed by atoms with Gasteiger partial charge in [0.2, 0.25) is 9.84 Å². The number of rotatable bonds is 4. The van der Waals surface area contributed by atoms with Crippen molar-refractivity contribution in [1.29, 1.82) is 0 Å². The Kier molecular flexibility index (Phi) is 3.64. The minimum Gasteiger partial charge on any atom is -0.481 e. The molecule has 16 heavy (non-hydrogen) atoms. The normalized spacial score (nSPS) is 13.4. The highest BCUT2D eigenvalue weighted by molar-refractivity contribution is 7.91. The molecule has 4 nitrogen and oxygen atoms in total. The van der Waals surface area contributed by atoms with Gasteiger partial charge in [0.15, 0.2) is 6.01 Å². The minimum absolute atomic E-state index is 0.142. The minimum atomic E-state index is -3.87. The van der Waals surface area contributed by atoms with Crippen molar-refractivity contribution in [3.05, 3.63) is 29.8 Å². The van der Waals surface area contributed by atoms with Gasteiger partial charge in [-0.25, -0.2) is 12.8 Å². The number of hydrogen-bond donors (Lipinski definition) is 1. The zero-order chi connectivity index (χ0) is 12.3. The number of carbonyl (C=O) groups is 1. The van der Waals surface area contributed by atoms with Gasteiger partial charge in [-0.05, 0) is 24.6 Å². The summed E-state index contributed by atoms with van der Waals surface area (Å²) in [6, 6.07) is 3.72. The molecule has 0 aromatic heterocycles. The first-order valence-corrected chi connectivity index (χ1v) is 6.15. The van der Waals surface area contributed by atoms with Crippen molar-refractivity contribution in [3.63, 3.8) is 0 Å². The monoisotopic (exact) mass is 246 g/mol. The second-order valence-corrected chi connectivity index (χ2v) is 5.27. The molecule has 6 heteroatoms. The highest BCUT2D eigenvalue weighted by Crippen LogP contribution is 2.19. The van der Waals surface area contributed by atoms with E-state index in [0.29, 0.717) is 5.56 Å². The molecule has 88 valence electrons. The van der Waals surface area contributed by atoms with Crippen molar-refractivity contribution in [2.24, 2.45) is 0 Å². The lowest BCUT2D eigenvalue weighted by Crippen LogP contribution is -2.08. The van der Waals surface area contributed by atoms with Gasteiger partial charge < -0.3 is 5.11 Å². The maximum Gasteiger partial charge on any atom is 0.310 e. The number of alkyl halides is 1. The quantitative estimate of drug-likeness (QED) is 0.875. The predicted molar refractivity (Wildman–Crippen MR) is 55.7 cm³/mol. The maximum atomic E-state index is 12.2. The molecule has 0 aliphatic heterocycles. The number of carboxylic acid groups (broad SMARTS) is 1. The van der Waals surface area contributed by atoms with E-state index in [9.17, 15) is 17.6 Å². The van der Waals surface area contributed by atoms with Gasteiger partial charge in [0, 0.05) is 0 Å². The molecule has 0 heterocycles. The van der Waals surface area contributed by atoms with Crippen LogP contribution in [-0.4, -0.2) is 25.5 Å². The lowest BCUT2D eigenvalue weighted by Gasteiger charge is -2.07. The van der Waals surface area contributed by atoms with Crippen LogP contribution in [0.3, 0.4) is 0 Å². The van der Waals surface area contributed by atoms with Crippen LogP contribution in [-0.2, 0) is 14.6 Å². The summed E-state index contributed by atoms with van der Waals surface area (Å²) in [5.41, 5.74) is 0.477. The van der Waals surface area contributed by atoms with E-state index < -0.39 is 27.7 Å². The van der Waals surface area contributed by atoms with Crippen LogP contribution in [0.15, 0.2) is 29.2 Å². The van der Waals surface area contributed by atoms with E-state index in [0.717, 1.165) is 0 Å². The number of halogens is 1. The second-order valence-electron chi connectivity index (χ2n) is 3.35. The average Bonchev–Trinajstić information content (AvgIpc) is 2.28. The second kappa shape index (κ2) is 4.61. The number of aliphatic carboxylic acids is 1. The van der Waals surface area contributed by atoms with Crippen LogP contribution in [0.5, 0.6) is 0 Å². The standard InChI is InChI=1S/C10H11FO4S/c1-7(10(12)13)8-2-4-9(5-3-8)16(14,15)6-11/h2-5,7H,6H2,1H3,(H,12,13). The highest BCUT2D eigenvalue weighted by Gasteiger charge is 2.16. The fraction of sp³-hybridized carbons (Fsp3) is 0.300. The van der Waals surface area contributed by atoms with Gasteiger partial charge in [-0.1, -0.05) is 12.1 Å². The van der Waals surface area contributed by atoms with Crippen LogP contribution in [0.1, 0.15) is 18.4 Å². The summed E-state index contributed by atoms with van der Waals surface area (Å²) < 4.78 is 34.4. The predicted octanol–water partition coefficient (Wildman–Crippen LogP) is 1.58. The third-order valence-corrected chi connectivity index (χ3v) is 3.53. The largest absolute Gasteiger partial charge is 0.481 e. The van der Waals surface area contributed by atoms with Crippen molar-refractivity contribution in [2.45, 2.75) is 17.7 Å². The molecule has 0 saturated carbocycles. The molecular weight excluding hydrogens is 235 g/mol. The van der Waals surface area contributed by atoms with Gasteiger partial charge in [0.05, 0.1) is 10.8 Å². The molecule has 0 spiro atoms. The fourth-order valence-corrected chi connectivity index (χ4v) is 1.85.